The molecule has 0 aromatic rings. The lowest BCUT2D eigenvalue weighted by molar-refractivity contribution is -0.117. The van der Waals surface area contributed by atoms with Gasteiger partial charge in [-0.1, -0.05) is 0 Å². The van der Waals surface area contributed by atoms with E-state index in [1.165, 1.54) is 0 Å². The Kier molecular flexibility index (Phi) is 2.14. The second kappa shape index (κ2) is 2.92. The highest BCUT2D eigenvalue weighted by Crippen LogP contribution is 2.09. The van der Waals surface area contributed by atoms with Crippen LogP contribution in [0.15, 0.2) is 11.8 Å². The van der Waals surface area contributed by atoms with Crippen LogP contribution in [0, 0.1) is 0 Å². The Morgan fingerprint density at radius 3 is 2.64 bits per heavy atom. The first-order valence-electron chi connectivity index (χ1n) is 3.52. The molecule has 0 aromatic carbocycles. The number of nitrogens with one attached hydrogen (secondary N) is 1. The summed E-state index contributed by atoms with van der Waals surface area (Å²) in [5.74, 6) is 0.00111. The van der Waals surface area contributed by atoms with E-state index in [-0.39, 0.29) is 5.91 Å². The van der Waals surface area contributed by atoms with Crippen molar-refractivity contribution in [2.24, 2.45) is 0 Å². The third-order valence-corrected chi connectivity index (χ3v) is 1.80. The molecular weight excluding hydrogens is 142 g/mol. The SMILES string of the molecule is CNC(=O)C1=CN(C)N(C)C1. The summed E-state index contributed by atoms with van der Waals surface area (Å²) in [5.41, 5.74) is 0.803. The van der Waals surface area contributed by atoms with Gasteiger partial charge in [0.1, 0.15) is 0 Å². The summed E-state index contributed by atoms with van der Waals surface area (Å²) in [7, 11) is 5.49. The number of likely N-dealkylation sites (N-methyl/N-ethyl adjacent to an activating group) is 2. The van der Waals surface area contributed by atoms with Gasteiger partial charge < -0.3 is 10.3 Å². The number of amides is 1. The van der Waals surface area contributed by atoms with Crippen LogP contribution in [0.5, 0.6) is 0 Å². The number of carbonyl (C=O) groups excluding carboxylic acids is 1. The number of hydrogen-bond acceptors (Lipinski definition) is 3. The zero-order valence-corrected chi connectivity index (χ0v) is 7.09. The standard InChI is InChI=1S/C7H13N3O/c1-8-7(11)6-4-9(2)10(3)5-6/h4H,5H2,1-3H3,(H,8,11). The molecule has 11 heavy (non-hydrogen) atoms. The minimum Gasteiger partial charge on any atom is -0.355 e. The predicted molar refractivity (Wildman–Crippen MR) is 42.5 cm³/mol. The van der Waals surface area contributed by atoms with Crippen LogP contribution in [0.25, 0.3) is 0 Å². The van der Waals surface area contributed by atoms with Crippen LogP contribution < -0.4 is 5.32 Å². The molecule has 0 aliphatic carbocycles. The normalized spacial score (nSPS) is 18.5. The maximum absolute atomic E-state index is 11.1. The smallest absolute Gasteiger partial charge is 0.249 e. The molecular formula is C7H13N3O. The quantitative estimate of drug-likeness (QED) is 0.549. The van der Waals surface area contributed by atoms with Gasteiger partial charge in [0, 0.05) is 33.9 Å². The van der Waals surface area contributed by atoms with Crippen LogP contribution in [0.4, 0.5) is 0 Å². The molecule has 1 aliphatic rings. The van der Waals surface area contributed by atoms with Gasteiger partial charge >= 0.3 is 0 Å². The van der Waals surface area contributed by atoms with Crippen molar-refractivity contribution < 1.29 is 4.79 Å². The molecule has 0 saturated carbocycles. The molecule has 0 aromatic heterocycles. The second-order valence-electron chi connectivity index (χ2n) is 2.62. The summed E-state index contributed by atoms with van der Waals surface area (Å²) in [6.07, 6.45) is 1.83. The molecule has 1 heterocycles. The average molecular weight is 155 g/mol. The van der Waals surface area contributed by atoms with Crippen LogP contribution in [-0.4, -0.2) is 43.6 Å². The molecule has 4 nitrogen and oxygen atoms in total. The van der Waals surface area contributed by atoms with Crippen molar-refractivity contribution in [2.45, 2.75) is 0 Å². The molecule has 0 unspecified atom stereocenters. The maximum atomic E-state index is 11.1. The third-order valence-electron chi connectivity index (χ3n) is 1.80. The van der Waals surface area contributed by atoms with Crippen LogP contribution in [0.3, 0.4) is 0 Å². The Bertz CT molecular complexity index is 200. The van der Waals surface area contributed by atoms with Gasteiger partial charge in [-0.3, -0.25) is 4.79 Å². The van der Waals surface area contributed by atoms with E-state index in [4.69, 9.17) is 0 Å². The third kappa shape index (κ3) is 1.51. The second-order valence-corrected chi connectivity index (χ2v) is 2.62. The monoisotopic (exact) mass is 155 g/mol. The Hall–Kier alpha value is -1.03. The summed E-state index contributed by atoms with van der Waals surface area (Å²) >= 11 is 0. The largest absolute Gasteiger partial charge is 0.355 e. The van der Waals surface area contributed by atoms with Gasteiger partial charge in [-0.2, -0.15) is 0 Å². The van der Waals surface area contributed by atoms with E-state index < -0.39 is 0 Å². The van der Waals surface area contributed by atoms with Crippen molar-refractivity contribution in [3.05, 3.63) is 11.8 Å². The van der Waals surface area contributed by atoms with Crippen molar-refractivity contribution in [2.75, 3.05) is 27.7 Å². The molecule has 0 saturated heterocycles. The lowest BCUT2D eigenvalue weighted by Gasteiger charge is -2.18. The van der Waals surface area contributed by atoms with Gasteiger partial charge in [0.2, 0.25) is 5.91 Å². The summed E-state index contributed by atoms with van der Waals surface area (Å²) in [6, 6.07) is 0. The minimum absolute atomic E-state index is 0.00111. The van der Waals surface area contributed by atoms with Crippen molar-refractivity contribution in [3.63, 3.8) is 0 Å². The van der Waals surface area contributed by atoms with E-state index in [9.17, 15) is 4.79 Å². The molecule has 0 spiro atoms. The molecule has 0 radical (unpaired) electrons. The van der Waals surface area contributed by atoms with Crippen molar-refractivity contribution in [1.29, 1.82) is 0 Å². The highest BCUT2D eigenvalue weighted by molar-refractivity contribution is 5.93. The van der Waals surface area contributed by atoms with Crippen LogP contribution in [0.1, 0.15) is 0 Å². The molecule has 0 bridgehead atoms. The van der Waals surface area contributed by atoms with E-state index in [2.05, 4.69) is 5.32 Å². The molecule has 1 rings (SSSR count). The number of hydrogen-bond donors (Lipinski definition) is 1. The van der Waals surface area contributed by atoms with Crippen molar-refractivity contribution in [1.82, 2.24) is 15.3 Å². The van der Waals surface area contributed by atoms with Crippen LogP contribution >= 0.6 is 0 Å². The fourth-order valence-electron chi connectivity index (χ4n) is 1.01. The van der Waals surface area contributed by atoms with E-state index >= 15 is 0 Å². The fraction of sp³-hybridized carbons (Fsp3) is 0.571. The number of carbonyl (C=O) groups is 1. The van der Waals surface area contributed by atoms with Crippen molar-refractivity contribution in [3.8, 4) is 0 Å². The summed E-state index contributed by atoms with van der Waals surface area (Å²) < 4.78 is 0. The number of rotatable bonds is 1. The molecule has 1 amide bonds. The molecule has 1 aliphatic heterocycles. The molecule has 4 heteroatoms. The first kappa shape index (κ1) is 8.07. The lowest BCUT2D eigenvalue weighted by Crippen LogP contribution is -2.29. The first-order chi connectivity index (χ1) is 5.15. The fourth-order valence-corrected chi connectivity index (χ4v) is 1.01. The van der Waals surface area contributed by atoms with Crippen LogP contribution in [-0.2, 0) is 4.79 Å². The highest BCUT2D eigenvalue weighted by atomic mass is 16.1. The van der Waals surface area contributed by atoms with Gasteiger partial charge in [-0.15, -0.1) is 0 Å². The summed E-state index contributed by atoms with van der Waals surface area (Å²) in [4.78, 5) is 11.1. The number of nitrogens with zero attached hydrogens (tertiary/aromatic N) is 2. The van der Waals surface area contributed by atoms with Gasteiger partial charge in [0.15, 0.2) is 0 Å². The Morgan fingerprint density at radius 2 is 2.27 bits per heavy atom. The molecule has 1 N–H and O–H groups in total. The Balaban J connectivity index is 2.63. The molecule has 0 fully saturated rings. The average Bonchev–Trinajstić information content (AvgIpc) is 2.31. The highest BCUT2D eigenvalue weighted by Gasteiger charge is 2.19. The van der Waals surface area contributed by atoms with Crippen LogP contribution in [0.2, 0.25) is 0 Å². The maximum Gasteiger partial charge on any atom is 0.249 e. The molecule has 62 valence electrons. The van der Waals surface area contributed by atoms with E-state index in [1.807, 2.05) is 30.3 Å². The van der Waals surface area contributed by atoms with E-state index in [0.29, 0.717) is 6.54 Å². The Labute approximate surface area is 66.4 Å². The first-order valence-corrected chi connectivity index (χ1v) is 3.52. The van der Waals surface area contributed by atoms with Gasteiger partial charge in [0.05, 0.1) is 5.57 Å². The van der Waals surface area contributed by atoms with E-state index in [1.54, 1.807) is 7.05 Å². The number of hydrazine groups is 1. The topological polar surface area (TPSA) is 35.6 Å². The zero-order valence-electron chi connectivity index (χ0n) is 7.09. The summed E-state index contributed by atoms with van der Waals surface area (Å²) in [5, 5.41) is 6.44. The van der Waals surface area contributed by atoms with Crippen molar-refractivity contribution >= 4 is 5.91 Å². The summed E-state index contributed by atoms with van der Waals surface area (Å²) in [6.45, 7) is 0.691. The predicted octanol–water partition coefficient (Wildman–Crippen LogP) is -0.591. The Morgan fingerprint density at radius 1 is 1.64 bits per heavy atom. The van der Waals surface area contributed by atoms with Gasteiger partial charge in [0.25, 0.3) is 0 Å². The molecule has 0 atom stereocenters. The van der Waals surface area contributed by atoms with Gasteiger partial charge in [-0.05, 0) is 0 Å². The van der Waals surface area contributed by atoms with E-state index in [0.717, 1.165) is 5.57 Å². The van der Waals surface area contributed by atoms with Gasteiger partial charge in [-0.25, -0.2) is 5.01 Å². The lowest BCUT2D eigenvalue weighted by atomic mass is 10.3. The zero-order chi connectivity index (χ0) is 8.43. The minimum atomic E-state index is 0.00111.